The summed E-state index contributed by atoms with van der Waals surface area (Å²) in [5.41, 5.74) is 0.673. The normalized spacial score (nSPS) is 12.7. The minimum absolute atomic E-state index is 0.0191. The van der Waals surface area contributed by atoms with Crippen molar-refractivity contribution in [1.29, 1.82) is 0 Å². The molecule has 2 aromatic rings. The predicted octanol–water partition coefficient (Wildman–Crippen LogP) is 3.99. The van der Waals surface area contributed by atoms with Crippen molar-refractivity contribution in [2.45, 2.75) is 19.4 Å². The van der Waals surface area contributed by atoms with Gasteiger partial charge in [-0.3, -0.25) is 0 Å². The van der Waals surface area contributed by atoms with Gasteiger partial charge in [0.05, 0.1) is 6.04 Å². The minimum atomic E-state index is -0.201. The second kappa shape index (κ2) is 5.67. The Morgan fingerprint density at radius 3 is 2.67 bits per heavy atom. The molecule has 0 spiro atoms. The highest BCUT2D eigenvalue weighted by molar-refractivity contribution is 9.10. The Bertz CT molecular complexity index is 538. The Balaban J connectivity index is 2.20. The van der Waals surface area contributed by atoms with E-state index in [9.17, 15) is 4.39 Å². The van der Waals surface area contributed by atoms with E-state index in [-0.39, 0.29) is 11.9 Å². The first kappa shape index (κ1) is 13.3. The monoisotopic (exact) mass is 311 g/mol. The van der Waals surface area contributed by atoms with Gasteiger partial charge in [-0.05, 0) is 50.2 Å². The van der Waals surface area contributed by atoms with E-state index in [0.29, 0.717) is 12.0 Å². The van der Waals surface area contributed by atoms with Crippen LogP contribution in [0.4, 0.5) is 4.39 Å². The predicted molar refractivity (Wildman–Crippen MR) is 73.0 cm³/mol. The molecule has 1 heterocycles. The Morgan fingerprint density at radius 1 is 1.33 bits per heavy atom. The molecule has 0 saturated heterocycles. The number of furan rings is 1. The maximum atomic E-state index is 13.8. The van der Waals surface area contributed by atoms with E-state index in [4.69, 9.17) is 4.42 Å². The Hall–Kier alpha value is -1.13. The molecule has 0 aliphatic heterocycles. The number of hydrogen-bond donors (Lipinski definition) is 1. The first-order chi connectivity index (χ1) is 8.60. The van der Waals surface area contributed by atoms with Crippen LogP contribution in [0.3, 0.4) is 0 Å². The van der Waals surface area contributed by atoms with Gasteiger partial charge in [-0.25, -0.2) is 4.39 Å². The number of rotatable bonds is 4. The quantitative estimate of drug-likeness (QED) is 0.923. The molecule has 96 valence electrons. The first-order valence-electron chi connectivity index (χ1n) is 5.77. The molecule has 1 aromatic carbocycles. The molecule has 1 atom stereocenters. The molecular weight excluding hydrogens is 297 g/mol. The Labute approximate surface area is 114 Å². The third-order valence-electron chi connectivity index (χ3n) is 2.89. The SMILES string of the molecule is CNC(Cc1ccc(Br)cc1F)c1ccc(C)o1. The topological polar surface area (TPSA) is 25.2 Å². The lowest BCUT2D eigenvalue weighted by Crippen LogP contribution is -2.18. The van der Waals surface area contributed by atoms with Crippen LogP contribution >= 0.6 is 15.9 Å². The van der Waals surface area contributed by atoms with E-state index >= 15 is 0 Å². The zero-order valence-electron chi connectivity index (χ0n) is 10.3. The van der Waals surface area contributed by atoms with Crippen LogP contribution in [0.1, 0.15) is 23.1 Å². The summed E-state index contributed by atoms with van der Waals surface area (Å²) in [5.74, 6) is 1.49. The van der Waals surface area contributed by atoms with Crippen LogP contribution in [0.15, 0.2) is 39.2 Å². The molecule has 1 N–H and O–H groups in total. The summed E-state index contributed by atoms with van der Waals surface area (Å²) >= 11 is 3.25. The average Bonchev–Trinajstić information content (AvgIpc) is 2.75. The van der Waals surface area contributed by atoms with E-state index in [2.05, 4.69) is 21.2 Å². The van der Waals surface area contributed by atoms with Crippen molar-refractivity contribution >= 4 is 15.9 Å². The van der Waals surface area contributed by atoms with Crippen LogP contribution in [0.2, 0.25) is 0 Å². The molecule has 0 aliphatic rings. The largest absolute Gasteiger partial charge is 0.465 e. The number of halogens is 2. The van der Waals surface area contributed by atoms with Gasteiger partial charge in [0.2, 0.25) is 0 Å². The highest BCUT2D eigenvalue weighted by Crippen LogP contribution is 2.23. The third kappa shape index (κ3) is 3.00. The number of nitrogens with one attached hydrogen (secondary N) is 1. The molecule has 18 heavy (non-hydrogen) atoms. The van der Waals surface area contributed by atoms with Crippen LogP contribution in [0.5, 0.6) is 0 Å². The van der Waals surface area contributed by atoms with Crippen molar-refractivity contribution < 1.29 is 8.81 Å². The van der Waals surface area contributed by atoms with Crippen molar-refractivity contribution in [2.75, 3.05) is 7.05 Å². The molecule has 0 bridgehead atoms. The van der Waals surface area contributed by atoms with Crippen LogP contribution in [-0.2, 0) is 6.42 Å². The molecule has 1 aromatic heterocycles. The van der Waals surface area contributed by atoms with Crippen molar-refractivity contribution in [3.8, 4) is 0 Å². The molecular formula is C14H15BrFNO. The standard InChI is InChI=1S/C14H15BrFNO/c1-9-3-6-14(18-9)13(17-2)7-10-4-5-11(15)8-12(10)16/h3-6,8,13,17H,7H2,1-2H3. The summed E-state index contributed by atoms with van der Waals surface area (Å²) in [6.07, 6.45) is 0.558. The summed E-state index contributed by atoms with van der Waals surface area (Å²) in [6.45, 7) is 1.90. The van der Waals surface area contributed by atoms with Crippen LogP contribution in [0, 0.1) is 12.7 Å². The summed E-state index contributed by atoms with van der Waals surface area (Å²) in [6, 6.07) is 8.94. The van der Waals surface area contributed by atoms with Gasteiger partial charge in [0, 0.05) is 4.47 Å². The maximum Gasteiger partial charge on any atom is 0.127 e. The number of likely N-dealkylation sites (N-methyl/N-ethyl adjacent to an activating group) is 1. The highest BCUT2D eigenvalue weighted by Gasteiger charge is 2.15. The second-order valence-corrected chi connectivity index (χ2v) is 5.15. The van der Waals surface area contributed by atoms with Crippen LogP contribution < -0.4 is 5.32 Å². The number of aryl methyl sites for hydroxylation is 1. The van der Waals surface area contributed by atoms with Crippen LogP contribution in [0.25, 0.3) is 0 Å². The van der Waals surface area contributed by atoms with Crippen LogP contribution in [-0.4, -0.2) is 7.05 Å². The van der Waals surface area contributed by atoms with E-state index in [1.165, 1.54) is 6.07 Å². The summed E-state index contributed by atoms with van der Waals surface area (Å²) in [7, 11) is 1.85. The third-order valence-corrected chi connectivity index (χ3v) is 3.39. The van der Waals surface area contributed by atoms with Crippen molar-refractivity contribution in [2.24, 2.45) is 0 Å². The van der Waals surface area contributed by atoms with Gasteiger partial charge >= 0.3 is 0 Å². The van der Waals surface area contributed by atoms with Gasteiger partial charge in [-0.1, -0.05) is 22.0 Å². The molecule has 0 radical (unpaired) electrons. The van der Waals surface area contributed by atoms with Gasteiger partial charge in [-0.2, -0.15) is 0 Å². The lowest BCUT2D eigenvalue weighted by molar-refractivity contribution is 0.411. The fraction of sp³-hybridized carbons (Fsp3) is 0.286. The molecule has 2 rings (SSSR count). The zero-order chi connectivity index (χ0) is 13.1. The minimum Gasteiger partial charge on any atom is -0.465 e. The molecule has 0 saturated carbocycles. The van der Waals surface area contributed by atoms with Crippen molar-refractivity contribution in [3.05, 3.63) is 57.7 Å². The highest BCUT2D eigenvalue weighted by atomic mass is 79.9. The summed E-state index contributed by atoms with van der Waals surface area (Å²) in [4.78, 5) is 0. The van der Waals surface area contributed by atoms with E-state index in [0.717, 1.165) is 16.0 Å². The van der Waals surface area contributed by atoms with Gasteiger partial charge < -0.3 is 9.73 Å². The zero-order valence-corrected chi connectivity index (χ0v) is 11.9. The second-order valence-electron chi connectivity index (χ2n) is 4.23. The van der Waals surface area contributed by atoms with Crippen molar-refractivity contribution in [3.63, 3.8) is 0 Å². The van der Waals surface area contributed by atoms with Gasteiger partial charge in [0.15, 0.2) is 0 Å². The lowest BCUT2D eigenvalue weighted by Gasteiger charge is -2.14. The molecule has 0 aliphatic carbocycles. The van der Waals surface area contributed by atoms with Gasteiger partial charge in [-0.15, -0.1) is 0 Å². The molecule has 1 unspecified atom stereocenters. The van der Waals surface area contributed by atoms with E-state index in [1.54, 1.807) is 6.07 Å². The molecule has 0 amide bonds. The van der Waals surface area contributed by atoms with Gasteiger partial charge in [0.1, 0.15) is 17.3 Å². The van der Waals surface area contributed by atoms with E-state index < -0.39 is 0 Å². The summed E-state index contributed by atoms with van der Waals surface area (Å²) < 4.78 is 20.1. The fourth-order valence-electron chi connectivity index (χ4n) is 1.89. The van der Waals surface area contributed by atoms with Crippen molar-refractivity contribution in [1.82, 2.24) is 5.32 Å². The van der Waals surface area contributed by atoms with E-state index in [1.807, 2.05) is 32.2 Å². The Kier molecular flexibility index (Phi) is 4.19. The molecule has 0 fully saturated rings. The Morgan fingerprint density at radius 2 is 2.11 bits per heavy atom. The maximum absolute atomic E-state index is 13.8. The fourth-order valence-corrected chi connectivity index (χ4v) is 2.23. The molecule has 4 heteroatoms. The first-order valence-corrected chi connectivity index (χ1v) is 6.57. The smallest absolute Gasteiger partial charge is 0.127 e. The number of hydrogen-bond acceptors (Lipinski definition) is 2. The summed E-state index contributed by atoms with van der Waals surface area (Å²) in [5, 5.41) is 3.15. The lowest BCUT2D eigenvalue weighted by atomic mass is 10.0. The number of benzene rings is 1. The molecule has 2 nitrogen and oxygen atoms in total. The van der Waals surface area contributed by atoms with Gasteiger partial charge in [0.25, 0.3) is 0 Å². The average molecular weight is 312 g/mol.